The lowest BCUT2D eigenvalue weighted by atomic mass is 10.1. The molecular weight excluding hydrogens is 386 g/mol. The van der Waals surface area contributed by atoms with Crippen molar-refractivity contribution in [3.05, 3.63) is 50.9 Å². The number of aromatic hydroxyl groups is 1. The maximum Gasteiger partial charge on any atom is 0.124 e. The molecule has 0 amide bonds. The summed E-state index contributed by atoms with van der Waals surface area (Å²) in [5.41, 5.74) is 1.77. The fourth-order valence-corrected chi connectivity index (χ4v) is 3.17. The van der Waals surface area contributed by atoms with Crippen molar-refractivity contribution in [1.82, 2.24) is 0 Å². The molecule has 2 rings (SSSR count). The molecule has 1 atom stereocenters. The molecule has 0 saturated heterocycles. The fourth-order valence-electron chi connectivity index (χ4n) is 1.95. The summed E-state index contributed by atoms with van der Waals surface area (Å²) in [6, 6.07) is 11.1. The molecule has 0 aliphatic rings. The van der Waals surface area contributed by atoms with Crippen LogP contribution in [0.5, 0.6) is 11.5 Å². The summed E-state index contributed by atoms with van der Waals surface area (Å²) in [6.45, 7) is 1.99. The van der Waals surface area contributed by atoms with E-state index in [-0.39, 0.29) is 11.8 Å². The second-order valence-electron chi connectivity index (χ2n) is 4.39. The van der Waals surface area contributed by atoms with Crippen LogP contribution in [0.3, 0.4) is 0 Å². The largest absolute Gasteiger partial charge is 0.507 e. The van der Waals surface area contributed by atoms with E-state index in [0.29, 0.717) is 5.75 Å². The van der Waals surface area contributed by atoms with Crippen LogP contribution in [-0.4, -0.2) is 12.2 Å². The number of benzene rings is 2. The Morgan fingerprint density at radius 3 is 2.35 bits per heavy atom. The van der Waals surface area contributed by atoms with Gasteiger partial charge in [0.25, 0.3) is 0 Å². The highest BCUT2D eigenvalue weighted by Crippen LogP contribution is 2.35. The van der Waals surface area contributed by atoms with Crippen molar-refractivity contribution < 1.29 is 9.84 Å². The van der Waals surface area contributed by atoms with E-state index in [1.54, 1.807) is 13.2 Å². The van der Waals surface area contributed by atoms with Crippen molar-refractivity contribution in [2.45, 2.75) is 13.0 Å². The molecule has 0 fully saturated rings. The molecule has 0 radical (unpaired) electrons. The highest BCUT2D eigenvalue weighted by molar-refractivity contribution is 9.11. The van der Waals surface area contributed by atoms with Crippen molar-refractivity contribution in [3.8, 4) is 11.5 Å². The second kappa shape index (κ2) is 6.50. The summed E-state index contributed by atoms with van der Waals surface area (Å²) < 4.78 is 7.02. The first-order valence-corrected chi connectivity index (χ1v) is 7.69. The summed E-state index contributed by atoms with van der Waals surface area (Å²) in [6.07, 6.45) is 0. The Morgan fingerprint density at radius 1 is 1.15 bits per heavy atom. The minimum Gasteiger partial charge on any atom is -0.507 e. The molecule has 2 aromatic rings. The lowest BCUT2D eigenvalue weighted by Gasteiger charge is -2.19. The number of phenolic OH excluding ortho intramolecular Hbond substituents is 1. The molecule has 1 unspecified atom stereocenters. The molecular formula is C15H15Br2NO2. The van der Waals surface area contributed by atoms with Gasteiger partial charge >= 0.3 is 0 Å². The Kier molecular flexibility index (Phi) is 4.94. The minimum atomic E-state index is -0.0455. The zero-order valence-electron chi connectivity index (χ0n) is 11.2. The van der Waals surface area contributed by atoms with Gasteiger partial charge in [-0.15, -0.1) is 0 Å². The lowest BCUT2D eigenvalue weighted by molar-refractivity contribution is 0.406. The average molecular weight is 401 g/mol. The van der Waals surface area contributed by atoms with Gasteiger partial charge in [-0.25, -0.2) is 0 Å². The third kappa shape index (κ3) is 3.27. The maximum absolute atomic E-state index is 10.1. The number of phenols is 1. The van der Waals surface area contributed by atoms with Crippen LogP contribution in [0.4, 0.5) is 5.69 Å². The summed E-state index contributed by atoms with van der Waals surface area (Å²) in [5.74, 6) is 0.855. The number of anilines is 1. The van der Waals surface area contributed by atoms with Gasteiger partial charge in [0, 0.05) is 20.6 Å². The molecule has 5 heteroatoms. The van der Waals surface area contributed by atoms with Crippen LogP contribution in [0.25, 0.3) is 0 Å². The SMILES string of the molecule is COc1ccc(C(C)Nc2c(Br)cccc2Br)c(O)c1. The quantitative estimate of drug-likeness (QED) is 0.750. The van der Waals surface area contributed by atoms with E-state index in [1.165, 1.54) is 0 Å². The number of hydrogen-bond acceptors (Lipinski definition) is 3. The van der Waals surface area contributed by atoms with Crippen LogP contribution in [0.15, 0.2) is 45.3 Å². The smallest absolute Gasteiger partial charge is 0.124 e. The van der Waals surface area contributed by atoms with Gasteiger partial charge in [0.05, 0.1) is 18.8 Å². The first kappa shape index (κ1) is 15.2. The van der Waals surface area contributed by atoms with Crippen molar-refractivity contribution in [2.24, 2.45) is 0 Å². The predicted molar refractivity (Wildman–Crippen MR) is 88.5 cm³/mol. The van der Waals surface area contributed by atoms with Crippen LogP contribution in [0.2, 0.25) is 0 Å². The summed E-state index contributed by atoms with van der Waals surface area (Å²) in [7, 11) is 1.58. The van der Waals surface area contributed by atoms with E-state index in [0.717, 1.165) is 20.2 Å². The zero-order valence-corrected chi connectivity index (χ0v) is 14.3. The number of hydrogen-bond donors (Lipinski definition) is 2. The Hall–Kier alpha value is -1.20. The maximum atomic E-state index is 10.1. The summed E-state index contributed by atoms with van der Waals surface area (Å²) in [5, 5.41) is 13.4. The van der Waals surface area contributed by atoms with Gasteiger partial charge in [-0.1, -0.05) is 6.07 Å². The molecule has 0 aromatic heterocycles. The summed E-state index contributed by atoms with van der Waals surface area (Å²) in [4.78, 5) is 0. The number of halogens is 2. The van der Waals surface area contributed by atoms with Gasteiger partial charge in [-0.2, -0.15) is 0 Å². The molecule has 3 nitrogen and oxygen atoms in total. The number of ether oxygens (including phenoxy) is 1. The zero-order chi connectivity index (χ0) is 14.7. The van der Waals surface area contributed by atoms with E-state index >= 15 is 0 Å². The van der Waals surface area contributed by atoms with Crippen molar-refractivity contribution >= 4 is 37.5 Å². The molecule has 0 heterocycles. The predicted octanol–water partition coefficient (Wildman–Crippen LogP) is 5.10. The molecule has 106 valence electrons. The Morgan fingerprint density at radius 2 is 1.80 bits per heavy atom. The van der Waals surface area contributed by atoms with Crippen molar-refractivity contribution in [1.29, 1.82) is 0 Å². The normalized spacial score (nSPS) is 12.0. The van der Waals surface area contributed by atoms with Gasteiger partial charge in [0.1, 0.15) is 11.5 Å². The standard InChI is InChI=1S/C15H15Br2NO2/c1-9(11-7-6-10(20-2)8-14(11)19)18-15-12(16)4-3-5-13(15)17/h3-9,18-19H,1-2H3. The number of para-hydroxylation sites is 1. The molecule has 20 heavy (non-hydrogen) atoms. The van der Waals surface area contributed by atoms with Crippen molar-refractivity contribution in [3.63, 3.8) is 0 Å². The Bertz CT molecular complexity index is 597. The van der Waals surface area contributed by atoms with Gasteiger partial charge in [0.2, 0.25) is 0 Å². The molecule has 0 bridgehead atoms. The van der Waals surface area contributed by atoms with E-state index < -0.39 is 0 Å². The molecule has 0 spiro atoms. The van der Waals surface area contributed by atoms with Gasteiger partial charge in [0.15, 0.2) is 0 Å². The Balaban J connectivity index is 2.26. The molecule has 0 saturated carbocycles. The number of nitrogens with one attached hydrogen (secondary N) is 1. The first-order valence-electron chi connectivity index (χ1n) is 6.10. The summed E-state index contributed by atoms with van der Waals surface area (Å²) >= 11 is 7.03. The third-order valence-electron chi connectivity index (χ3n) is 3.03. The second-order valence-corrected chi connectivity index (χ2v) is 6.10. The van der Waals surface area contributed by atoms with Crippen LogP contribution in [0, 0.1) is 0 Å². The van der Waals surface area contributed by atoms with E-state index in [4.69, 9.17) is 4.74 Å². The highest BCUT2D eigenvalue weighted by Gasteiger charge is 2.14. The van der Waals surface area contributed by atoms with Crippen LogP contribution in [-0.2, 0) is 0 Å². The molecule has 2 aromatic carbocycles. The number of rotatable bonds is 4. The van der Waals surface area contributed by atoms with Crippen LogP contribution >= 0.6 is 31.9 Å². The molecule has 0 aliphatic heterocycles. The lowest BCUT2D eigenvalue weighted by Crippen LogP contribution is -2.08. The van der Waals surface area contributed by atoms with E-state index in [9.17, 15) is 5.11 Å². The topological polar surface area (TPSA) is 41.5 Å². The van der Waals surface area contributed by atoms with Crippen LogP contribution in [0.1, 0.15) is 18.5 Å². The third-order valence-corrected chi connectivity index (χ3v) is 4.35. The van der Waals surface area contributed by atoms with E-state index in [1.807, 2.05) is 37.3 Å². The van der Waals surface area contributed by atoms with E-state index in [2.05, 4.69) is 37.2 Å². The van der Waals surface area contributed by atoms with Crippen LogP contribution < -0.4 is 10.1 Å². The fraction of sp³-hybridized carbons (Fsp3) is 0.200. The van der Waals surface area contributed by atoms with Gasteiger partial charge in [-0.3, -0.25) is 0 Å². The average Bonchev–Trinajstić information content (AvgIpc) is 2.42. The highest BCUT2D eigenvalue weighted by atomic mass is 79.9. The first-order chi connectivity index (χ1) is 9.52. The molecule has 2 N–H and O–H groups in total. The Labute approximate surface area is 135 Å². The van der Waals surface area contributed by atoms with Gasteiger partial charge in [-0.05, 0) is 63.0 Å². The van der Waals surface area contributed by atoms with Gasteiger partial charge < -0.3 is 15.2 Å². The minimum absolute atomic E-state index is 0.0455. The van der Waals surface area contributed by atoms with Crippen molar-refractivity contribution in [2.75, 3.05) is 12.4 Å². The molecule has 0 aliphatic carbocycles. The monoisotopic (exact) mass is 399 g/mol. The number of methoxy groups -OCH3 is 1.